The van der Waals surface area contributed by atoms with Crippen molar-refractivity contribution in [2.24, 2.45) is 5.73 Å². The molecular formula is C7H15NO3. The second kappa shape index (κ2) is 3.69. The number of carbonyl (C=O) groups is 1. The first-order valence-corrected chi connectivity index (χ1v) is 3.46. The van der Waals surface area contributed by atoms with Crippen molar-refractivity contribution >= 4 is 5.97 Å². The molecule has 0 heterocycles. The summed E-state index contributed by atoms with van der Waals surface area (Å²) in [6.07, 6.45) is -0.780. The first-order chi connectivity index (χ1) is 4.83. The lowest BCUT2D eigenvalue weighted by molar-refractivity contribution is -0.149. The summed E-state index contributed by atoms with van der Waals surface area (Å²) in [6, 6.07) is 0. The highest BCUT2D eigenvalue weighted by molar-refractivity contribution is 5.71. The Morgan fingerprint density at radius 2 is 2.18 bits per heavy atom. The second-order valence-electron chi connectivity index (χ2n) is 3.28. The quantitative estimate of drug-likeness (QED) is 0.618. The number of aliphatic carboxylic acids is 1. The van der Waals surface area contributed by atoms with Crippen molar-refractivity contribution in [3.8, 4) is 0 Å². The van der Waals surface area contributed by atoms with E-state index in [2.05, 4.69) is 0 Å². The summed E-state index contributed by atoms with van der Waals surface area (Å²) >= 11 is 0. The summed E-state index contributed by atoms with van der Waals surface area (Å²) in [6.45, 7) is 5.29. The molecular weight excluding hydrogens is 146 g/mol. The normalized spacial score (nSPS) is 14.5. The van der Waals surface area contributed by atoms with Gasteiger partial charge < -0.3 is 15.6 Å². The van der Waals surface area contributed by atoms with E-state index >= 15 is 0 Å². The van der Waals surface area contributed by atoms with E-state index in [1.807, 2.05) is 0 Å². The van der Waals surface area contributed by atoms with E-state index in [1.54, 1.807) is 13.8 Å². The summed E-state index contributed by atoms with van der Waals surface area (Å²) in [4.78, 5) is 10.3. The molecule has 0 aromatic rings. The molecule has 0 saturated heterocycles. The van der Waals surface area contributed by atoms with E-state index in [0.29, 0.717) is 0 Å². The predicted molar refractivity (Wildman–Crippen MR) is 41.3 cm³/mol. The average molecular weight is 161 g/mol. The summed E-state index contributed by atoms with van der Waals surface area (Å²) in [5, 5.41) is 8.41. The number of carboxylic acids is 1. The van der Waals surface area contributed by atoms with Crippen molar-refractivity contribution in [2.75, 3.05) is 6.61 Å². The van der Waals surface area contributed by atoms with Gasteiger partial charge in [-0.25, -0.2) is 4.79 Å². The molecule has 1 unspecified atom stereocenters. The minimum Gasteiger partial charge on any atom is -0.479 e. The Balaban J connectivity index is 3.63. The Morgan fingerprint density at radius 3 is 2.45 bits per heavy atom. The van der Waals surface area contributed by atoms with Crippen LogP contribution in [-0.4, -0.2) is 29.3 Å². The van der Waals surface area contributed by atoms with Crippen LogP contribution in [-0.2, 0) is 9.53 Å². The third-order valence-electron chi connectivity index (χ3n) is 1.05. The molecule has 0 aromatic carbocycles. The summed E-state index contributed by atoms with van der Waals surface area (Å²) in [5.41, 5.74) is 5.10. The Hall–Kier alpha value is -0.610. The maximum Gasteiger partial charge on any atom is 0.332 e. The zero-order chi connectivity index (χ0) is 9.07. The van der Waals surface area contributed by atoms with Gasteiger partial charge in [-0.2, -0.15) is 0 Å². The molecule has 66 valence electrons. The van der Waals surface area contributed by atoms with Gasteiger partial charge in [0.05, 0.1) is 6.61 Å². The fraction of sp³-hybridized carbons (Fsp3) is 0.857. The van der Waals surface area contributed by atoms with Crippen LogP contribution >= 0.6 is 0 Å². The van der Waals surface area contributed by atoms with E-state index in [4.69, 9.17) is 15.6 Å². The van der Waals surface area contributed by atoms with E-state index in [9.17, 15) is 4.79 Å². The summed E-state index contributed by atoms with van der Waals surface area (Å²) < 4.78 is 4.94. The third-order valence-corrected chi connectivity index (χ3v) is 1.05. The number of ether oxygens (including phenoxy) is 1. The van der Waals surface area contributed by atoms with E-state index in [-0.39, 0.29) is 6.61 Å². The van der Waals surface area contributed by atoms with Gasteiger partial charge in [-0.05, 0) is 20.8 Å². The van der Waals surface area contributed by atoms with Gasteiger partial charge in [0.25, 0.3) is 0 Å². The molecule has 0 aliphatic carbocycles. The van der Waals surface area contributed by atoms with Crippen molar-refractivity contribution in [2.45, 2.75) is 32.4 Å². The maximum atomic E-state index is 10.3. The minimum atomic E-state index is -0.964. The standard InChI is InChI=1S/C7H15NO3/c1-5(6(9)10)11-4-7(2,3)8/h5H,4,8H2,1-3H3,(H,9,10). The molecule has 0 aliphatic rings. The molecule has 4 heteroatoms. The van der Waals surface area contributed by atoms with Crippen LogP contribution < -0.4 is 5.73 Å². The average Bonchev–Trinajstić information content (AvgIpc) is 1.80. The number of carboxylic acid groups (broad SMARTS) is 1. The molecule has 3 N–H and O–H groups in total. The van der Waals surface area contributed by atoms with Gasteiger partial charge in [0, 0.05) is 5.54 Å². The van der Waals surface area contributed by atoms with E-state index < -0.39 is 17.6 Å². The Labute approximate surface area is 66.3 Å². The molecule has 0 saturated carbocycles. The third kappa shape index (κ3) is 5.82. The molecule has 0 radical (unpaired) electrons. The van der Waals surface area contributed by atoms with Crippen LogP contribution in [0.2, 0.25) is 0 Å². The monoisotopic (exact) mass is 161 g/mol. The van der Waals surface area contributed by atoms with Crippen molar-refractivity contribution < 1.29 is 14.6 Å². The topological polar surface area (TPSA) is 72.5 Å². The minimum absolute atomic E-state index is 0.250. The molecule has 11 heavy (non-hydrogen) atoms. The van der Waals surface area contributed by atoms with Crippen LogP contribution in [0.3, 0.4) is 0 Å². The van der Waals surface area contributed by atoms with Gasteiger partial charge in [-0.3, -0.25) is 0 Å². The zero-order valence-corrected chi connectivity index (χ0v) is 7.13. The molecule has 0 bridgehead atoms. The Bertz CT molecular complexity index is 139. The molecule has 0 spiro atoms. The Kier molecular flexibility index (Phi) is 3.48. The fourth-order valence-corrected chi connectivity index (χ4v) is 0.411. The maximum absolute atomic E-state index is 10.3. The Morgan fingerprint density at radius 1 is 1.73 bits per heavy atom. The number of hydrogen-bond acceptors (Lipinski definition) is 3. The van der Waals surface area contributed by atoms with Crippen molar-refractivity contribution in [1.29, 1.82) is 0 Å². The SMILES string of the molecule is CC(OCC(C)(C)N)C(=O)O. The van der Waals surface area contributed by atoms with Crippen LogP contribution in [0.5, 0.6) is 0 Å². The number of nitrogens with two attached hydrogens (primary N) is 1. The lowest BCUT2D eigenvalue weighted by atomic mass is 10.1. The lowest BCUT2D eigenvalue weighted by Gasteiger charge is -2.19. The smallest absolute Gasteiger partial charge is 0.332 e. The molecule has 0 rings (SSSR count). The molecule has 0 fully saturated rings. The lowest BCUT2D eigenvalue weighted by Crippen LogP contribution is -2.39. The van der Waals surface area contributed by atoms with Crippen LogP contribution in [0.4, 0.5) is 0 Å². The van der Waals surface area contributed by atoms with Gasteiger partial charge in [0.15, 0.2) is 6.10 Å². The van der Waals surface area contributed by atoms with E-state index in [1.165, 1.54) is 6.92 Å². The molecule has 0 aliphatic heterocycles. The number of rotatable bonds is 4. The predicted octanol–water partition coefficient (Wildman–Crippen LogP) is 0.213. The van der Waals surface area contributed by atoms with Gasteiger partial charge in [0.2, 0.25) is 0 Å². The first kappa shape index (κ1) is 10.4. The molecule has 0 aromatic heterocycles. The molecule has 1 atom stereocenters. The highest BCUT2D eigenvalue weighted by Crippen LogP contribution is 2.00. The summed E-state index contributed by atoms with van der Waals surface area (Å²) in [7, 11) is 0. The highest BCUT2D eigenvalue weighted by Gasteiger charge is 2.16. The van der Waals surface area contributed by atoms with Crippen LogP contribution in [0.15, 0.2) is 0 Å². The van der Waals surface area contributed by atoms with Crippen LogP contribution in [0, 0.1) is 0 Å². The van der Waals surface area contributed by atoms with Crippen LogP contribution in [0.25, 0.3) is 0 Å². The van der Waals surface area contributed by atoms with Gasteiger partial charge in [-0.1, -0.05) is 0 Å². The van der Waals surface area contributed by atoms with Crippen LogP contribution in [0.1, 0.15) is 20.8 Å². The van der Waals surface area contributed by atoms with Crippen molar-refractivity contribution in [1.82, 2.24) is 0 Å². The zero-order valence-electron chi connectivity index (χ0n) is 7.13. The highest BCUT2D eigenvalue weighted by atomic mass is 16.5. The fourth-order valence-electron chi connectivity index (χ4n) is 0.411. The van der Waals surface area contributed by atoms with Gasteiger partial charge in [0.1, 0.15) is 0 Å². The van der Waals surface area contributed by atoms with Crippen molar-refractivity contribution in [3.63, 3.8) is 0 Å². The first-order valence-electron chi connectivity index (χ1n) is 3.46. The van der Waals surface area contributed by atoms with Gasteiger partial charge >= 0.3 is 5.97 Å². The van der Waals surface area contributed by atoms with E-state index in [0.717, 1.165) is 0 Å². The molecule has 0 amide bonds. The van der Waals surface area contributed by atoms with Crippen molar-refractivity contribution in [3.05, 3.63) is 0 Å². The molecule has 4 nitrogen and oxygen atoms in total. The summed E-state index contributed by atoms with van der Waals surface area (Å²) in [5.74, 6) is -0.964. The van der Waals surface area contributed by atoms with Gasteiger partial charge in [-0.15, -0.1) is 0 Å². The second-order valence-corrected chi connectivity index (χ2v) is 3.28. The largest absolute Gasteiger partial charge is 0.479 e. The number of hydrogen-bond donors (Lipinski definition) is 2.